The molecule has 26 heavy (non-hydrogen) atoms. The lowest BCUT2D eigenvalue weighted by Crippen LogP contribution is -2.02. The van der Waals surface area contributed by atoms with E-state index in [9.17, 15) is 0 Å². The number of hydrogen-bond acceptors (Lipinski definition) is 1. The van der Waals surface area contributed by atoms with Gasteiger partial charge in [0.05, 0.1) is 11.0 Å². The zero-order chi connectivity index (χ0) is 18.1. The van der Waals surface area contributed by atoms with E-state index < -0.39 is 0 Å². The summed E-state index contributed by atoms with van der Waals surface area (Å²) in [7, 11) is 0. The first kappa shape index (κ1) is 16.9. The lowest BCUT2D eigenvalue weighted by molar-refractivity contribution is 0.827. The highest BCUT2D eigenvalue weighted by Crippen LogP contribution is 2.27. The number of para-hydroxylation sites is 2. The molecular formula is C23H21ClN2. The van der Waals surface area contributed by atoms with Crippen LogP contribution in [0.5, 0.6) is 0 Å². The van der Waals surface area contributed by atoms with Crippen LogP contribution in [-0.4, -0.2) is 9.55 Å². The number of imidazole rings is 1. The second-order valence-corrected chi connectivity index (χ2v) is 7.35. The van der Waals surface area contributed by atoms with Gasteiger partial charge in [0.1, 0.15) is 5.82 Å². The average molecular weight is 361 g/mol. The quantitative estimate of drug-likeness (QED) is 0.404. The summed E-state index contributed by atoms with van der Waals surface area (Å²) in [4.78, 5) is 4.87. The first-order valence-electron chi connectivity index (χ1n) is 8.92. The van der Waals surface area contributed by atoms with Crippen molar-refractivity contribution in [1.82, 2.24) is 9.55 Å². The second kappa shape index (κ2) is 6.97. The molecule has 3 aromatic carbocycles. The molecule has 0 fully saturated rings. The van der Waals surface area contributed by atoms with Gasteiger partial charge in [-0.2, -0.15) is 0 Å². The second-order valence-electron chi connectivity index (χ2n) is 6.91. The molecule has 0 saturated heterocycles. The Hall–Kier alpha value is -2.58. The first-order valence-corrected chi connectivity index (χ1v) is 9.29. The predicted molar refractivity (Wildman–Crippen MR) is 110 cm³/mol. The van der Waals surface area contributed by atoms with Crippen molar-refractivity contribution >= 4 is 22.6 Å². The predicted octanol–water partition coefficient (Wildman–Crippen LogP) is 6.53. The van der Waals surface area contributed by atoms with E-state index in [0.717, 1.165) is 34.0 Å². The molecular weight excluding hydrogens is 340 g/mol. The standard InChI is InChI=1S/C23H21ClN2/c1-16(2)18-9-7-17(8-10-18)15-26-22-6-4-3-5-21(22)25-23(26)19-11-13-20(24)14-12-19/h3-14,16H,15H2,1-2H3. The monoisotopic (exact) mass is 360 g/mol. The number of rotatable bonds is 4. The van der Waals surface area contributed by atoms with E-state index >= 15 is 0 Å². The molecule has 2 nitrogen and oxygen atoms in total. The van der Waals surface area contributed by atoms with Crippen LogP contribution in [-0.2, 0) is 6.54 Å². The summed E-state index contributed by atoms with van der Waals surface area (Å²) in [5.74, 6) is 1.51. The summed E-state index contributed by atoms with van der Waals surface area (Å²) in [5.41, 5.74) is 5.86. The number of benzene rings is 3. The Labute approximate surface area is 159 Å². The number of nitrogens with zero attached hydrogens (tertiary/aromatic N) is 2. The molecule has 0 spiro atoms. The Balaban J connectivity index is 1.79. The van der Waals surface area contributed by atoms with Gasteiger partial charge in [0, 0.05) is 17.1 Å². The van der Waals surface area contributed by atoms with Gasteiger partial charge in [0.2, 0.25) is 0 Å². The van der Waals surface area contributed by atoms with E-state index in [4.69, 9.17) is 16.6 Å². The van der Waals surface area contributed by atoms with E-state index in [-0.39, 0.29) is 0 Å². The van der Waals surface area contributed by atoms with Crippen molar-refractivity contribution in [3.8, 4) is 11.4 Å². The van der Waals surface area contributed by atoms with E-state index in [1.54, 1.807) is 0 Å². The molecule has 0 radical (unpaired) electrons. The maximum absolute atomic E-state index is 6.06. The molecule has 4 rings (SSSR count). The number of fused-ring (bicyclic) bond motifs is 1. The summed E-state index contributed by atoms with van der Waals surface area (Å²) in [6, 6.07) is 25.1. The van der Waals surface area contributed by atoms with Gasteiger partial charge in [0.15, 0.2) is 0 Å². The highest BCUT2D eigenvalue weighted by Gasteiger charge is 2.13. The molecule has 0 bridgehead atoms. The third-order valence-corrected chi connectivity index (χ3v) is 5.00. The Kier molecular flexibility index (Phi) is 4.52. The van der Waals surface area contributed by atoms with Gasteiger partial charge >= 0.3 is 0 Å². The molecule has 0 aliphatic carbocycles. The summed E-state index contributed by atoms with van der Waals surface area (Å²) in [6.45, 7) is 5.23. The molecule has 0 N–H and O–H groups in total. The smallest absolute Gasteiger partial charge is 0.141 e. The summed E-state index contributed by atoms with van der Waals surface area (Å²) in [5, 5.41) is 0.737. The van der Waals surface area contributed by atoms with Gasteiger partial charge in [-0.05, 0) is 53.4 Å². The van der Waals surface area contributed by atoms with Crippen LogP contribution in [0.2, 0.25) is 5.02 Å². The molecule has 4 aromatic rings. The van der Waals surface area contributed by atoms with Crippen molar-refractivity contribution < 1.29 is 0 Å². The summed E-state index contributed by atoms with van der Waals surface area (Å²) in [6.07, 6.45) is 0. The Bertz CT molecular complexity index is 1030. The number of hydrogen-bond donors (Lipinski definition) is 0. The molecule has 3 heteroatoms. The van der Waals surface area contributed by atoms with Crippen molar-refractivity contribution in [2.45, 2.75) is 26.3 Å². The van der Waals surface area contributed by atoms with E-state index in [2.05, 4.69) is 60.9 Å². The van der Waals surface area contributed by atoms with Crippen LogP contribution in [0.1, 0.15) is 30.9 Å². The number of halogens is 1. The Morgan fingerprint density at radius 3 is 2.27 bits per heavy atom. The fourth-order valence-electron chi connectivity index (χ4n) is 3.25. The third-order valence-electron chi connectivity index (χ3n) is 4.74. The minimum atomic E-state index is 0.544. The van der Waals surface area contributed by atoms with Gasteiger partial charge < -0.3 is 4.57 Å². The largest absolute Gasteiger partial charge is 0.319 e. The van der Waals surface area contributed by atoms with Crippen LogP contribution in [0.15, 0.2) is 72.8 Å². The zero-order valence-corrected chi connectivity index (χ0v) is 15.7. The zero-order valence-electron chi connectivity index (χ0n) is 15.0. The van der Waals surface area contributed by atoms with Crippen LogP contribution >= 0.6 is 11.6 Å². The molecule has 1 heterocycles. The van der Waals surface area contributed by atoms with Crippen molar-refractivity contribution in [2.24, 2.45) is 0 Å². The fourth-order valence-corrected chi connectivity index (χ4v) is 3.37. The normalized spacial score (nSPS) is 11.4. The maximum atomic E-state index is 6.06. The Morgan fingerprint density at radius 1 is 0.885 bits per heavy atom. The van der Waals surface area contributed by atoms with Crippen LogP contribution in [0.3, 0.4) is 0 Å². The highest BCUT2D eigenvalue weighted by molar-refractivity contribution is 6.30. The van der Waals surface area contributed by atoms with E-state index in [0.29, 0.717) is 5.92 Å². The average Bonchev–Trinajstić information content (AvgIpc) is 3.01. The van der Waals surface area contributed by atoms with Gasteiger partial charge in [-0.1, -0.05) is 61.8 Å². The topological polar surface area (TPSA) is 17.8 Å². The summed E-state index contributed by atoms with van der Waals surface area (Å²) < 4.78 is 2.28. The van der Waals surface area contributed by atoms with Crippen LogP contribution in [0.4, 0.5) is 0 Å². The van der Waals surface area contributed by atoms with Crippen LogP contribution in [0, 0.1) is 0 Å². The number of aromatic nitrogens is 2. The van der Waals surface area contributed by atoms with Gasteiger partial charge in [-0.15, -0.1) is 0 Å². The molecule has 0 amide bonds. The molecule has 0 atom stereocenters. The lowest BCUT2D eigenvalue weighted by atomic mass is 10.0. The van der Waals surface area contributed by atoms with Crippen molar-refractivity contribution in [1.29, 1.82) is 0 Å². The molecule has 130 valence electrons. The minimum absolute atomic E-state index is 0.544. The highest BCUT2D eigenvalue weighted by atomic mass is 35.5. The Morgan fingerprint density at radius 2 is 1.58 bits per heavy atom. The van der Waals surface area contributed by atoms with Crippen molar-refractivity contribution in [2.75, 3.05) is 0 Å². The van der Waals surface area contributed by atoms with Crippen molar-refractivity contribution in [3.63, 3.8) is 0 Å². The maximum Gasteiger partial charge on any atom is 0.141 e. The van der Waals surface area contributed by atoms with Crippen molar-refractivity contribution in [3.05, 3.63) is 88.9 Å². The first-order chi connectivity index (χ1) is 12.6. The molecule has 0 aliphatic heterocycles. The molecule has 1 aromatic heterocycles. The van der Waals surface area contributed by atoms with E-state index in [1.807, 2.05) is 30.3 Å². The lowest BCUT2D eigenvalue weighted by Gasteiger charge is -2.11. The van der Waals surface area contributed by atoms with Gasteiger partial charge in [-0.25, -0.2) is 4.98 Å². The van der Waals surface area contributed by atoms with Crippen LogP contribution in [0.25, 0.3) is 22.4 Å². The third kappa shape index (κ3) is 3.25. The molecule has 0 unspecified atom stereocenters. The summed E-state index contributed by atoms with van der Waals surface area (Å²) >= 11 is 6.06. The fraction of sp³-hybridized carbons (Fsp3) is 0.174. The molecule has 0 aliphatic rings. The van der Waals surface area contributed by atoms with Crippen LogP contribution < -0.4 is 0 Å². The van der Waals surface area contributed by atoms with E-state index in [1.165, 1.54) is 11.1 Å². The minimum Gasteiger partial charge on any atom is -0.319 e. The SMILES string of the molecule is CC(C)c1ccc(Cn2c(-c3ccc(Cl)cc3)nc3ccccc32)cc1. The molecule has 0 saturated carbocycles. The van der Waals surface area contributed by atoms with Gasteiger partial charge in [0.25, 0.3) is 0 Å². The van der Waals surface area contributed by atoms with Gasteiger partial charge in [-0.3, -0.25) is 0 Å².